The third kappa shape index (κ3) is 3.16. The summed E-state index contributed by atoms with van der Waals surface area (Å²) in [5.41, 5.74) is 3.77. The van der Waals surface area contributed by atoms with Gasteiger partial charge < -0.3 is 5.32 Å². The highest BCUT2D eigenvalue weighted by atomic mass is 19.1. The van der Waals surface area contributed by atoms with Crippen LogP contribution in [0.15, 0.2) is 30.5 Å². The van der Waals surface area contributed by atoms with Crippen LogP contribution in [0.2, 0.25) is 0 Å². The van der Waals surface area contributed by atoms with Crippen LogP contribution in [0.25, 0.3) is 0 Å². The fraction of sp³-hybridized carbons (Fsp3) is 0.471. The summed E-state index contributed by atoms with van der Waals surface area (Å²) in [4.78, 5) is 0. The quantitative estimate of drug-likeness (QED) is 0.873. The van der Waals surface area contributed by atoms with Gasteiger partial charge in [-0.05, 0) is 43.5 Å². The van der Waals surface area contributed by atoms with Gasteiger partial charge in [-0.3, -0.25) is 4.68 Å². The van der Waals surface area contributed by atoms with E-state index in [0.29, 0.717) is 12.6 Å². The molecule has 2 aromatic rings. The Morgan fingerprint density at radius 2 is 2.10 bits per heavy atom. The molecule has 3 nitrogen and oxygen atoms in total. The molecule has 112 valence electrons. The molecule has 0 spiro atoms. The predicted octanol–water partition coefficient (Wildman–Crippen LogP) is 3.45. The first kappa shape index (κ1) is 14.3. The molecule has 3 rings (SSSR count). The highest BCUT2D eigenvalue weighted by molar-refractivity contribution is 5.25. The van der Waals surface area contributed by atoms with Crippen LogP contribution >= 0.6 is 0 Å². The van der Waals surface area contributed by atoms with E-state index >= 15 is 0 Å². The van der Waals surface area contributed by atoms with E-state index < -0.39 is 0 Å². The van der Waals surface area contributed by atoms with Crippen molar-refractivity contribution < 1.29 is 4.39 Å². The lowest BCUT2D eigenvalue weighted by Crippen LogP contribution is -2.20. The molecule has 0 saturated carbocycles. The highest BCUT2D eigenvalue weighted by Gasteiger charge is 2.21. The van der Waals surface area contributed by atoms with Gasteiger partial charge in [-0.25, -0.2) is 4.39 Å². The minimum absolute atomic E-state index is 0.190. The Bertz CT molecular complexity index is 589. The second kappa shape index (κ2) is 6.39. The van der Waals surface area contributed by atoms with Gasteiger partial charge in [-0.2, -0.15) is 5.10 Å². The predicted molar refractivity (Wildman–Crippen MR) is 81.7 cm³/mol. The first-order valence-corrected chi connectivity index (χ1v) is 7.80. The van der Waals surface area contributed by atoms with Gasteiger partial charge in [0.05, 0.1) is 12.7 Å². The van der Waals surface area contributed by atoms with E-state index in [1.165, 1.54) is 42.7 Å². The minimum atomic E-state index is -0.190. The van der Waals surface area contributed by atoms with Crippen LogP contribution < -0.4 is 5.32 Å². The minimum Gasteiger partial charge on any atom is -0.310 e. The van der Waals surface area contributed by atoms with E-state index in [0.717, 1.165) is 18.5 Å². The second-order valence-corrected chi connectivity index (χ2v) is 5.69. The Morgan fingerprint density at radius 3 is 2.86 bits per heavy atom. The summed E-state index contributed by atoms with van der Waals surface area (Å²) in [6, 6.07) is 7.12. The molecule has 0 fully saturated rings. The molecule has 1 aliphatic rings. The molecule has 1 heterocycles. The van der Waals surface area contributed by atoms with Crippen molar-refractivity contribution in [1.82, 2.24) is 15.1 Å². The molecule has 0 amide bonds. The van der Waals surface area contributed by atoms with Crippen molar-refractivity contribution in [1.29, 1.82) is 0 Å². The van der Waals surface area contributed by atoms with E-state index in [-0.39, 0.29) is 5.82 Å². The van der Waals surface area contributed by atoms with Crippen LogP contribution in [0.5, 0.6) is 0 Å². The number of aromatic nitrogens is 2. The largest absolute Gasteiger partial charge is 0.310 e. The van der Waals surface area contributed by atoms with Crippen LogP contribution in [0.4, 0.5) is 4.39 Å². The summed E-state index contributed by atoms with van der Waals surface area (Å²) in [7, 11) is 0. The SMILES string of the molecule is CCNC1CCCCc2c1cnn2Cc1ccc(F)cc1. The van der Waals surface area contributed by atoms with Gasteiger partial charge in [0.15, 0.2) is 0 Å². The maximum absolute atomic E-state index is 13.0. The molecule has 1 aromatic heterocycles. The van der Waals surface area contributed by atoms with E-state index in [4.69, 9.17) is 0 Å². The molecule has 0 bridgehead atoms. The molecule has 1 aromatic carbocycles. The lowest BCUT2D eigenvalue weighted by atomic mass is 10.1. The Morgan fingerprint density at radius 1 is 1.29 bits per heavy atom. The summed E-state index contributed by atoms with van der Waals surface area (Å²) in [6.07, 6.45) is 6.74. The molecule has 1 aliphatic carbocycles. The number of hydrogen-bond donors (Lipinski definition) is 1. The lowest BCUT2D eigenvalue weighted by molar-refractivity contribution is 0.503. The van der Waals surface area contributed by atoms with E-state index in [2.05, 4.69) is 22.0 Å². The molecule has 21 heavy (non-hydrogen) atoms. The molecule has 1 unspecified atom stereocenters. The third-order valence-corrected chi connectivity index (χ3v) is 4.21. The molecular weight excluding hydrogens is 265 g/mol. The molecule has 1 N–H and O–H groups in total. The van der Waals surface area contributed by atoms with Crippen molar-refractivity contribution in [2.75, 3.05) is 6.54 Å². The Labute approximate surface area is 125 Å². The van der Waals surface area contributed by atoms with Gasteiger partial charge in [0.1, 0.15) is 5.82 Å². The average molecular weight is 287 g/mol. The van der Waals surface area contributed by atoms with Gasteiger partial charge in [-0.1, -0.05) is 25.5 Å². The monoisotopic (exact) mass is 287 g/mol. The first-order chi connectivity index (χ1) is 10.3. The number of rotatable bonds is 4. The van der Waals surface area contributed by atoms with Gasteiger partial charge in [0, 0.05) is 17.3 Å². The zero-order chi connectivity index (χ0) is 14.7. The number of nitrogens with zero attached hydrogens (tertiary/aromatic N) is 2. The zero-order valence-corrected chi connectivity index (χ0v) is 12.5. The van der Waals surface area contributed by atoms with E-state index in [9.17, 15) is 4.39 Å². The third-order valence-electron chi connectivity index (χ3n) is 4.21. The van der Waals surface area contributed by atoms with Crippen molar-refractivity contribution in [2.45, 2.75) is 45.2 Å². The van der Waals surface area contributed by atoms with Gasteiger partial charge in [0.2, 0.25) is 0 Å². The summed E-state index contributed by atoms with van der Waals surface area (Å²) in [5.74, 6) is -0.190. The Kier molecular flexibility index (Phi) is 4.34. The van der Waals surface area contributed by atoms with E-state index in [1.54, 1.807) is 0 Å². The Balaban J connectivity index is 1.85. The number of hydrogen-bond acceptors (Lipinski definition) is 2. The van der Waals surface area contributed by atoms with Crippen molar-refractivity contribution in [3.05, 3.63) is 53.1 Å². The first-order valence-electron chi connectivity index (χ1n) is 7.80. The summed E-state index contributed by atoms with van der Waals surface area (Å²) >= 11 is 0. The number of nitrogens with one attached hydrogen (secondary N) is 1. The lowest BCUT2D eigenvalue weighted by Gasteiger charge is -2.15. The van der Waals surface area contributed by atoms with Crippen molar-refractivity contribution in [3.63, 3.8) is 0 Å². The van der Waals surface area contributed by atoms with E-state index in [1.807, 2.05) is 18.3 Å². The average Bonchev–Trinajstić information content (AvgIpc) is 2.76. The second-order valence-electron chi connectivity index (χ2n) is 5.69. The van der Waals surface area contributed by atoms with Crippen molar-refractivity contribution in [2.24, 2.45) is 0 Å². The van der Waals surface area contributed by atoms with Gasteiger partial charge in [-0.15, -0.1) is 0 Å². The maximum Gasteiger partial charge on any atom is 0.123 e. The molecule has 4 heteroatoms. The number of halogens is 1. The fourth-order valence-electron chi connectivity index (χ4n) is 3.14. The summed E-state index contributed by atoms with van der Waals surface area (Å²) < 4.78 is 15.1. The van der Waals surface area contributed by atoms with Crippen molar-refractivity contribution in [3.8, 4) is 0 Å². The molecule has 0 saturated heterocycles. The van der Waals surface area contributed by atoms with Crippen LogP contribution in [0, 0.1) is 5.82 Å². The molecule has 1 atom stereocenters. The summed E-state index contributed by atoms with van der Waals surface area (Å²) in [5, 5.41) is 8.13. The van der Waals surface area contributed by atoms with Gasteiger partial charge >= 0.3 is 0 Å². The smallest absolute Gasteiger partial charge is 0.123 e. The number of fused-ring (bicyclic) bond motifs is 1. The molecule has 0 radical (unpaired) electrons. The van der Waals surface area contributed by atoms with Crippen LogP contribution in [0.3, 0.4) is 0 Å². The standard InChI is InChI=1S/C17H22FN3/c1-2-19-16-5-3-4-6-17-15(16)11-20-21(17)12-13-7-9-14(18)10-8-13/h7-11,16,19H,2-6,12H2,1H3. The van der Waals surface area contributed by atoms with Crippen molar-refractivity contribution >= 4 is 0 Å². The maximum atomic E-state index is 13.0. The van der Waals surface area contributed by atoms with Crippen LogP contribution in [-0.2, 0) is 13.0 Å². The summed E-state index contributed by atoms with van der Waals surface area (Å²) in [6.45, 7) is 3.84. The van der Waals surface area contributed by atoms with Crippen LogP contribution in [0.1, 0.15) is 49.0 Å². The zero-order valence-electron chi connectivity index (χ0n) is 12.5. The van der Waals surface area contributed by atoms with Crippen LogP contribution in [-0.4, -0.2) is 16.3 Å². The normalized spacial score (nSPS) is 18.3. The topological polar surface area (TPSA) is 29.9 Å². The number of benzene rings is 1. The fourth-order valence-corrected chi connectivity index (χ4v) is 3.14. The Hall–Kier alpha value is -1.68. The molecule has 0 aliphatic heterocycles. The highest BCUT2D eigenvalue weighted by Crippen LogP contribution is 2.28. The molecular formula is C17H22FN3. The van der Waals surface area contributed by atoms with Gasteiger partial charge in [0.25, 0.3) is 0 Å².